The Kier molecular flexibility index (Phi) is 3.27. The first-order valence-electron chi connectivity index (χ1n) is 5.17. The van der Waals surface area contributed by atoms with Crippen molar-refractivity contribution in [2.45, 2.75) is 0 Å². The van der Waals surface area contributed by atoms with Crippen LogP contribution in [-0.2, 0) is 0 Å². The van der Waals surface area contributed by atoms with Crippen LogP contribution in [0.5, 0.6) is 5.88 Å². The Labute approximate surface area is 100 Å². The fraction of sp³-hybridized carbons (Fsp3) is 0.0714. The zero-order valence-electron chi connectivity index (χ0n) is 9.47. The topological polar surface area (TPSA) is 48.1 Å². The van der Waals surface area contributed by atoms with Crippen molar-refractivity contribution in [1.29, 1.82) is 0 Å². The van der Waals surface area contributed by atoms with Gasteiger partial charge in [0.15, 0.2) is 0 Å². The van der Waals surface area contributed by atoms with Crippen molar-refractivity contribution in [3.05, 3.63) is 53.7 Å². The summed E-state index contributed by atoms with van der Waals surface area (Å²) in [5.74, 6) is 6.46. The lowest BCUT2D eigenvalue weighted by molar-refractivity contribution is 0.397. The van der Waals surface area contributed by atoms with Crippen LogP contribution in [0.4, 0.5) is 5.69 Å². The summed E-state index contributed by atoms with van der Waals surface area (Å²) in [7, 11) is 1.55. The van der Waals surface area contributed by atoms with E-state index < -0.39 is 0 Å². The van der Waals surface area contributed by atoms with Gasteiger partial charge in [-0.05, 0) is 18.2 Å². The summed E-state index contributed by atoms with van der Waals surface area (Å²) in [5.41, 5.74) is 7.96. The Bertz CT molecular complexity index is 568. The second kappa shape index (κ2) is 5.04. The Hall–Kier alpha value is -2.47. The molecule has 0 aliphatic carbocycles. The van der Waals surface area contributed by atoms with Gasteiger partial charge in [0.2, 0.25) is 5.88 Å². The van der Waals surface area contributed by atoms with Gasteiger partial charge in [0.25, 0.3) is 0 Å². The molecule has 0 spiro atoms. The average molecular weight is 224 g/mol. The molecule has 2 N–H and O–H groups in total. The predicted molar refractivity (Wildman–Crippen MR) is 67.6 cm³/mol. The van der Waals surface area contributed by atoms with Gasteiger partial charge in [-0.25, -0.2) is 4.98 Å². The second-order valence-electron chi connectivity index (χ2n) is 3.40. The number of rotatable bonds is 1. The molecule has 0 radical (unpaired) electrons. The maximum absolute atomic E-state index is 5.84. The first-order chi connectivity index (χ1) is 8.31. The number of hydrogen-bond acceptors (Lipinski definition) is 3. The van der Waals surface area contributed by atoms with Crippen LogP contribution in [0, 0.1) is 11.8 Å². The number of pyridine rings is 1. The lowest BCUT2D eigenvalue weighted by Crippen LogP contribution is -1.97. The van der Waals surface area contributed by atoms with Gasteiger partial charge in [0, 0.05) is 11.8 Å². The minimum atomic E-state index is 0.452. The molecule has 1 heterocycles. The van der Waals surface area contributed by atoms with E-state index in [0.29, 0.717) is 17.1 Å². The minimum Gasteiger partial charge on any atom is -0.480 e. The summed E-state index contributed by atoms with van der Waals surface area (Å²) in [6.45, 7) is 0. The first kappa shape index (κ1) is 11.0. The number of nitrogens with zero attached hydrogens (tertiary/aromatic N) is 1. The zero-order valence-corrected chi connectivity index (χ0v) is 9.47. The maximum Gasteiger partial charge on any atom is 0.231 e. The summed E-state index contributed by atoms with van der Waals surface area (Å²) in [6.07, 6.45) is 1.60. The van der Waals surface area contributed by atoms with Gasteiger partial charge in [-0.3, -0.25) is 0 Å². The monoisotopic (exact) mass is 224 g/mol. The van der Waals surface area contributed by atoms with Crippen molar-refractivity contribution in [3.63, 3.8) is 0 Å². The largest absolute Gasteiger partial charge is 0.480 e. The summed E-state index contributed by atoms with van der Waals surface area (Å²) in [4.78, 5) is 4.07. The number of anilines is 1. The Morgan fingerprint density at radius 3 is 2.59 bits per heavy atom. The van der Waals surface area contributed by atoms with Crippen LogP contribution in [0.2, 0.25) is 0 Å². The Balaban J connectivity index is 2.40. The van der Waals surface area contributed by atoms with E-state index in [2.05, 4.69) is 16.8 Å². The van der Waals surface area contributed by atoms with Crippen molar-refractivity contribution in [1.82, 2.24) is 4.98 Å². The van der Waals surface area contributed by atoms with Crippen LogP contribution in [0.3, 0.4) is 0 Å². The van der Waals surface area contributed by atoms with Gasteiger partial charge in [0.05, 0.1) is 12.8 Å². The van der Waals surface area contributed by atoms with Gasteiger partial charge in [-0.1, -0.05) is 30.0 Å². The minimum absolute atomic E-state index is 0.452. The Morgan fingerprint density at radius 1 is 1.12 bits per heavy atom. The molecule has 1 aromatic heterocycles. The third-order valence-electron chi connectivity index (χ3n) is 2.25. The molecular formula is C14H12N2O. The van der Waals surface area contributed by atoms with Crippen LogP contribution >= 0.6 is 0 Å². The van der Waals surface area contributed by atoms with Gasteiger partial charge in [0.1, 0.15) is 5.56 Å². The molecule has 0 bridgehead atoms. The lowest BCUT2D eigenvalue weighted by Gasteiger charge is -2.03. The predicted octanol–water partition coefficient (Wildman–Crippen LogP) is 2.07. The molecular weight excluding hydrogens is 212 g/mol. The van der Waals surface area contributed by atoms with E-state index in [-0.39, 0.29) is 0 Å². The quantitative estimate of drug-likeness (QED) is 0.754. The lowest BCUT2D eigenvalue weighted by atomic mass is 10.2. The number of aromatic nitrogens is 1. The van der Waals surface area contributed by atoms with Crippen molar-refractivity contribution in [2.75, 3.05) is 12.8 Å². The van der Waals surface area contributed by atoms with Gasteiger partial charge >= 0.3 is 0 Å². The number of ether oxygens (including phenoxy) is 1. The molecule has 1 aromatic carbocycles. The van der Waals surface area contributed by atoms with Crippen molar-refractivity contribution in [2.24, 2.45) is 0 Å². The molecule has 0 saturated heterocycles. The smallest absolute Gasteiger partial charge is 0.231 e. The summed E-state index contributed by atoms with van der Waals surface area (Å²) < 4.78 is 5.12. The van der Waals surface area contributed by atoms with Gasteiger partial charge in [-0.2, -0.15) is 0 Å². The van der Waals surface area contributed by atoms with Crippen LogP contribution in [0.15, 0.2) is 42.6 Å². The second-order valence-corrected chi connectivity index (χ2v) is 3.40. The number of hydrogen-bond donors (Lipinski definition) is 1. The van der Waals surface area contributed by atoms with Gasteiger partial charge in [-0.15, -0.1) is 0 Å². The number of nitrogen functional groups attached to an aromatic ring is 1. The first-order valence-corrected chi connectivity index (χ1v) is 5.17. The molecule has 2 rings (SSSR count). The average Bonchev–Trinajstić information content (AvgIpc) is 2.38. The third kappa shape index (κ3) is 2.56. The molecule has 17 heavy (non-hydrogen) atoms. The SMILES string of the molecule is COc1nccc(N)c1C#Cc1ccccc1. The fourth-order valence-corrected chi connectivity index (χ4v) is 1.39. The molecule has 84 valence electrons. The molecule has 0 aliphatic rings. The van der Waals surface area contributed by atoms with E-state index >= 15 is 0 Å². The van der Waals surface area contributed by atoms with Crippen molar-refractivity contribution < 1.29 is 4.74 Å². The molecule has 0 saturated carbocycles. The van der Waals surface area contributed by atoms with E-state index in [1.807, 2.05) is 30.3 Å². The third-order valence-corrected chi connectivity index (χ3v) is 2.25. The van der Waals surface area contributed by atoms with Crippen LogP contribution in [-0.4, -0.2) is 12.1 Å². The fourth-order valence-electron chi connectivity index (χ4n) is 1.39. The summed E-state index contributed by atoms with van der Waals surface area (Å²) >= 11 is 0. The molecule has 3 heteroatoms. The highest BCUT2D eigenvalue weighted by Gasteiger charge is 2.04. The van der Waals surface area contributed by atoms with Crippen molar-refractivity contribution >= 4 is 5.69 Å². The molecule has 0 aliphatic heterocycles. The molecule has 0 atom stereocenters. The number of methoxy groups -OCH3 is 1. The summed E-state index contributed by atoms with van der Waals surface area (Å²) in [6, 6.07) is 11.4. The molecule has 2 aromatic rings. The van der Waals surface area contributed by atoms with Crippen LogP contribution in [0.1, 0.15) is 11.1 Å². The highest BCUT2D eigenvalue weighted by atomic mass is 16.5. The zero-order chi connectivity index (χ0) is 12.1. The molecule has 0 unspecified atom stereocenters. The molecule has 0 fully saturated rings. The highest BCUT2D eigenvalue weighted by Crippen LogP contribution is 2.19. The van der Waals surface area contributed by atoms with E-state index in [0.717, 1.165) is 5.56 Å². The maximum atomic E-state index is 5.84. The van der Waals surface area contributed by atoms with Gasteiger partial charge < -0.3 is 10.5 Å². The van der Waals surface area contributed by atoms with E-state index in [1.54, 1.807) is 19.4 Å². The standard InChI is InChI=1S/C14H12N2O/c1-17-14-12(13(15)9-10-16-14)8-7-11-5-3-2-4-6-11/h2-6,9-10H,1H3,(H2,15,16). The normalized spacial score (nSPS) is 9.24. The summed E-state index contributed by atoms with van der Waals surface area (Å²) in [5, 5.41) is 0. The number of benzene rings is 1. The van der Waals surface area contributed by atoms with E-state index in [4.69, 9.17) is 10.5 Å². The van der Waals surface area contributed by atoms with Crippen LogP contribution in [0.25, 0.3) is 0 Å². The molecule has 3 nitrogen and oxygen atoms in total. The Morgan fingerprint density at radius 2 is 1.88 bits per heavy atom. The molecule has 0 amide bonds. The number of nitrogens with two attached hydrogens (primary N) is 1. The van der Waals surface area contributed by atoms with E-state index in [1.165, 1.54) is 0 Å². The van der Waals surface area contributed by atoms with Crippen molar-refractivity contribution in [3.8, 4) is 17.7 Å². The van der Waals surface area contributed by atoms with E-state index in [9.17, 15) is 0 Å². The highest BCUT2D eigenvalue weighted by molar-refractivity contribution is 5.61. The van der Waals surface area contributed by atoms with Crippen LogP contribution < -0.4 is 10.5 Å².